The average Bonchev–Trinajstić information content (AvgIpc) is 2.97. The second kappa shape index (κ2) is 4.35. The summed E-state index contributed by atoms with van der Waals surface area (Å²) in [6, 6.07) is 0. The van der Waals surface area contributed by atoms with Crippen molar-refractivity contribution in [2.24, 2.45) is 0 Å². The summed E-state index contributed by atoms with van der Waals surface area (Å²) in [6.45, 7) is 3.47. The van der Waals surface area contributed by atoms with Crippen LogP contribution in [0.2, 0.25) is 0 Å². The van der Waals surface area contributed by atoms with Crippen molar-refractivity contribution in [3.8, 4) is 0 Å². The maximum atomic E-state index is 5.57. The quantitative estimate of drug-likeness (QED) is 0.784. The summed E-state index contributed by atoms with van der Waals surface area (Å²) in [5.74, 6) is 0.963. The first-order valence-corrected chi connectivity index (χ1v) is 5.82. The van der Waals surface area contributed by atoms with Crippen LogP contribution in [0.1, 0.15) is 24.1 Å². The molecule has 0 aliphatic carbocycles. The van der Waals surface area contributed by atoms with Crippen LogP contribution >= 0.6 is 0 Å². The average molecular weight is 220 g/mol. The molecular formula is C11H16N4O. The van der Waals surface area contributed by atoms with E-state index in [1.807, 2.05) is 0 Å². The van der Waals surface area contributed by atoms with E-state index in [9.17, 15) is 0 Å². The highest BCUT2D eigenvalue weighted by Crippen LogP contribution is 2.20. The van der Waals surface area contributed by atoms with E-state index < -0.39 is 0 Å². The minimum Gasteiger partial charge on any atom is -0.376 e. The number of nitrogens with zero attached hydrogens (tertiary/aromatic N) is 2. The molecule has 1 atom stereocenters. The number of aromatic nitrogens is 2. The number of ether oxygens (including phenoxy) is 1. The molecule has 1 aromatic rings. The molecule has 3 heterocycles. The third-order valence-electron chi connectivity index (χ3n) is 3.15. The summed E-state index contributed by atoms with van der Waals surface area (Å²) in [5, 5.41) is 6.65. The summed E-state index contributed by atoms with van der Waals surface area (Å²) in [5.41, 5.74) is 2.32. The Morgan fingerprint density at radius 2 is 2.44 bits per heavy atom. The molecule has 0 aromatic carbocycles. The van der Waals surface area contributed by atoms with Crippen molar-refractivity contribution in [1.29, 1.82) is 0 Å². The highest BCUT2D eigenvalue weighted by Gasteiger charge is 2.19. The Hall–Kier alpha value is -1.20. The maximum absolute atomic E-state index is 5.57. The molecule has 5 heteroatoms. The lowest BCUT2D eigenvalue weighted by Crippen LogP contribution is -2.20. The van der Waals surface area contributed by atoms with E-state index in [2.05, 4.69) is 20.6 Å². The van der Waals surface area contributed by atoms with Gasteiger partial charge in [-0.25, -0.2) is 9.97 Å². The van der Waals surface area contributed by atoms with Crippen molar-refractivity contribution < 1.29 is 4.74 Å². The summed E-state index contributed by atoms with van der Waals surface area (Å²) in [4.78, 5) is 8.55. The Morgan fingerprint density at radius 3 is 3.31 bits per heavy atom. The van der Waals surface area contributed by atoms with Gasteiger partial charge in [0.25, 0.3) is 0 Å². The first kappa shape index (κ1) is 9.99. The molecule has 1 saturated heterocycles. The van der Waals surface area contributed by atoms with Crippen molar-refractivity contribution in [2.45, 2.75) is 32.0 Å². The lowest BCUT2D eigenvalue weighted by atomic mass is 10.2. The van der Waals surface area contributed by atoms with Gasteiger partial charge in [-0.2, -0.15) is 0 Å². The molecule has 0 spiro atoms. The zero-order valence-corrected chi connectivity index (χ0v) is 9.20. The second-order valence-corrected chi connectivity index (χ2v) is 4.27. The van der Waals surface area contributed by atoms with Crippen LogP contribution in [-0.2, 0) is 17.8 Å². The number of nitrogens with one attached hydrogen (secondary N) is 2. The van der Waals surface area contributed by atoms with Crippen LogP contribution < -0.4 is 10.6 Å². The third kappa shape index (κ3) is 1.88. The molecule has 3 rings (SSSR count). The van der Waals surface area contributed by atoms with Gasteiger partial charge in [0.2, 0.25) is 0 Å². The molecule has 0 amide bonds. The van der Waals surface area contributed by atoms with Crippen LogP contribution in [0.3, 0.4) is 0 Å². The van der Waals surface area contributed by atoms with Crippen molar-refractivity contribution >= 4 is 5.82 Å². The molecule has 0 bridgehead atoms. The van der Waals surface area contributed by atoms with E-state index in [1.165, 1.54) is 12.0 Å². The topological polar surface area (TPSA) is 59.1 Å². The van der Waals surface area contributed by atoms with Gasteiger partial charge in [0.1, 0.15) is 12.1 Å². The Bertz CT molecular complexity index is 376. The highest BCUT2D eigenvalue weighted by atomic mass is 16.5. The molecule has 86 valence electrons. The van der Waals surface area contributed by atoms with Crippen molar-refractivity contribution in [3.63, 3.8) is 0 Å². The largest absolute Gasteiger partial charge is 0.376 e. The predicted molar refractivity (Wildman–Crippen MR) is 60.0 cm³/mol. The van der Waals surface area contributed by atoms with Gasteiger partial charge in [-0.05, 0) is 12.8 Å². The minimum atomic E-state index is 0.347. The van der Waals surface area contributed by atoms with Crippen LogP contribution in [0.25, 0.3) is 0 Å². The zero-order valence-electron chi connectivity index (χ0n) is 9.20. The minimum absolute atomic E-state index is 0.347. The Kier molecular flexibility index (Phi) is 2.71. The maximum Gasteiger partial charge on any atom is 0.134 e. The van der Waals surface area contributed by atoms with Crippen LogP contribution in [0.4, 0.5) is 5.82 Å². The second-order valence-electron chi connectivity index (χ2n) is 4.27. The van der Waals surface area contributed by atoms with Gasteiger partial charge in [-0.1, -0.05) is 0 Å². The van der Waals surface area contributed by atoms with Gasteiger partial charge < -0.3 is 15.4 Å². The van der Waals surface area contributed by atoms with Crippen LogP contribution in [0, 0.1) is 0 Å². The number of hydrogen-bond donors (Lipinski definition) is 2. The predicted octanol–water partition coefficient (Wildman–Crippen LogP) is 0.671. The summed E-state index contributed by atoms with van der Waals surface area (Å²) in [6.07, 6.45) is 4.30. The molecule has 1 unspecified atom stereocenters. The molecule has 16 heavy (non-hydrogen) atoms. The molecule has 2 N–H and O–H groups in total. The van der Waals surface area contributed by atoms with Gasteiger partial charge in [0.05, 0.1) is 11.8 Å². The van der Waals surface area contributed by atoms with Crippen LogP contribution in [0.15, 0.2) is 6.33 Å². The van der Waals surface area contributed by atoms with Crippen molar-refractivity contribution in [2.75, 3.05) is 18.5 Å². The molecule has 1 aromatic heterocycles. The van der Waals surface area contributed by atoms with E-state index in [0.717, 1.165) is 44.2 Å². The molecule has 0 saturated carbocycles. The fraction of sp³-hybridized carbons (Fsp3) is 0.636. The van der Waals surface area contributed by atoms with Crippen LogP contribution in [-0.4, -0.2) is 29.2 Å². The smallest absolute Gasteiger partial charge is 0.134 e. The number of hydrogen-bond acceptors (Lipinski definition) is 5. The van der Waals surface area contributed by atoms with Crippen molar-refractivity contribution in [1.82, 2.24) is 15.3 Å². The van der Waals surface area contributed by atoms with Crippen LogP contribution in [0.5, 0.6) is 0 Å². The Morgan fingerprint density at radius 1 is 1.44 bits per heavy atom. The van der Waals surface area contributed by atoms with E-state index in [4.69, 9.17) is 4.74 Å². The van der Waals surface area contributed by atoms with Gasteiger partial charge in [-0.15, -0.1) is 0 Å². The van der Waals surface area contributed by atoms with E-state index >= 15 is 0 Å². The summed E-state index contributed by atoms with van der Waals surface area (Å²) < 4.78 is 5.57. The van der Waals surface area contributed by atoms with Gasteiger partial charge >= 0.3 is 0 Å². The fourth-order valence-electron chi connectivity index (χ4n) is 2.26. The standard InChI is InChI=1S/C11H16N4O/c1-2-8(16-3-1)4-13-11-9-5-12-6-10(9)14-7-15-11/h7-8,12H,1-6H2,(H,13,14,15). The Labute approximate surface area is 94.6 Å². The number of rotatable bonds is 3. The van der Waals surface area contributed by atoms with E-state index in [0.29, 0.717) is 6.10 Å². The summed E-state index contributed by atoms with van der Waals surface area (Å²) >= 11 is 0. The van der Waals surface area contributed by atoms with E-state index in [-0.39, 0.29) is 0 Å². The first-order valence-electron chi connectivity index (χ1n) is 5.82. The van der Waals surface area contributed by atoms with E-state index in [1.54, 1.807) is 6.33 Å². The van der Waals surface area contributed by atoms with Gasteiger partial charge in [-0.3, -0.25) is 0 Å². The van der Waals surface area contributed by atoms with Gasteiger partial charge in [0.15, 0.2) is 0 Å². The first-order chi connectivity index (χ1) is 7.93. The molecule has 2 aliphatic heterocycles. The molecule has 1 fully saturated rings. The third-order valence-corrected chi connectivity index (χ3v) is 3.15. The molecule has 5 nitrogen and oxygen atoms in total. The Balaban J connectivity index is 1.67. The summed E-state index contributed by atoms with van der Waals surface area (Å²) in [7, 11) is 0. The molecule has 0 radical (unpaired) electrons. The molecular weight excluding hydrogens is 204 g/mol. The fourth-order valence-corrected chi connectivity index (χ4v) is 2.26. The number of anilines is 1. The monoisotopic (exact) mass is 220 g/mol. The lowest BCUT2D eigenvalue weighted by molar-refractivity contribution is 0.120. The lowest BCUT2D eigenvalue weighted by Gasteiger charge is -2.13. The highest BCUT2D eigenvalue weighted by molar-refractivity contribution is 5.47. The molecule has 2 aliphatic rings. The normalized spacial score (nSPS) is 23.4. The zero-order chi connectivity index (χ0) is 10.8. The SMILES string of the molecule is c1nc2c(c(NCC3CCCO3)n1)CNC2. The van der Waals surface area contributed by atoms with Gasteiger partial charge in [0, 0.05) is 31.8 Å². The number of fused-ring (bicyclic) bond motifs is 1. The van der Waals surface area contributed by atoms with Crippen molar-refractivity contribution in [3.05, 3.63) is 17.6 Å².